The number of aliphatic hydroxyl groups excluding tert-OH is 1. The van der Waals surface area contributed by atoms with Gasteiger partial charge in [-0.3, -0.25) is 4.79 Å². The number of hydrogen-bond donors (Lipinski definition) is 1. The first kappa shape index (κ1) is 15.3. The monoisotopic (exact) mass is 304 g/mol. The van der Waals surface area contributed by atoms with Crippen molar-refractivity contribution in [1.82, 2.24) is 0 Å². The summed E-state index contributed by atoms with van der Waals surface area (Å²) in [7, 11) is 0. The number of fused-ring (bicyclic) bond motifs is 2. The van der Waals surface area contributed by atoms with Gasteiger partial charge in [-0.1, -0.05) is 27.7 Å². The van der Waals surface area contributed by atoms with Crippen LogP contribution < -0.4 is 9.47 Å². The molecule has 120 valence electrons. The van der Waals surface area contributed by atoms with Crippen LogP contribution in [0.3, 0.4) is 0 Å². The molecule has 0 aliphatic carbocycles. The van der Waals surface area contributed by atoms with E-state index in [-0.39, 0.29) is 16.8 Å². The summed E-state index contributed by atoms with van der Waals surface area (Å²) in [5, 5.41) is 10.1. The van der Waals surface area contributed by atoms with Gasteiger partial charge in [0.25, 0.3) is 0 Å². The van der Waals surface area contributed by atoms with Gasteiger partial charge in [0.2, 0.25) is 0 Å². The zero-order chi connectivity index (χ0) is 16.4. The van der Waals surface area contributed by atoms with Crippen molar-refractivity contribution in [3.63, 3.8) is 0 Å². The van der Waals surface area contributed by atoms with Crippen LogP contribution in [-0.2, 0) is 15.6 Å². The summed E-state index contributed by atoms with van der Waals surface area (Å²) < 4.78 is 11.4. The summed E-state index contributed by atoms with van der Waals surface area (Å²) in [6.45, 7) is 12.3. The molecule has 0 aromatic heterocycles. The largest absolute Gasteiger partial charge is 0.465 e. The number of esters is 1. The third-order valence-corrected chi connectivity index (χ3v) is 4.98. The minimum atomic E-state index is -0.798. The van der Waals surface area contributed by atoms with E-state index in [1.54, 1.807) is 0 Å². The molecule has 0 saturated carbocycles. The SMILES string of the molecule is Cc1c2c(c(C)c3c1C(C)(C)CC(=O)O3)C(C)(C)CC(O)O2. The van der Waals surface area contributed by atoms with Crippen LogP contribution >= 0.6 is 0 Å². The van der Waals surface area contributed by atoms with Gasteiger partial charge in [0.1, 0.15) is 11.5 Å². The van der Waals surface area contributed by atoms with Gasteiger partial charge < -0.3 is 14.6 Å². The van der Waals surface area contributed by atoms with Crippen molar-refractivity contribution < 1.29 is 19.4 Å². The van der Waals surface area contributed by atoms with Crippen LogP contribution in [-0.4, -0.2) is 17.4 Å². The molecule has 22 heavy (non-hydrogen) atoms. The molecule has 1 aromatic carbocycles. The molecule has 1 unspecified atom stereocenters. The Kier molecular flexibility index (Phi) is 3.12. The van der Waals surface area contributed by atoms with Crippen LogP contribution in [0.15, 0.2) is 0 Å². The van der Waals surface area contributed by atoms with Crippen molar-refractivity contribution in [2.45, 2.75) is 71.5 Å². The van der Waals surface area contributed by atoms with Gasteiger partial charge in [-0.25, -0.2) is 0 Å². The van der Waals surface area contributed by atoms with Gasteiger partial charge in [0.05, 0.1) is 6.42 Å². The fraction of sp³-hybridized carbons (Fsp3) is 0.611. The molecule has 3 rings (SSSR count). The number of carbonyl (C=O) groups excluding carboxylic acids is 1. The van der Waals surface area contributed by atoms with Gasteiger partial charge in [-0.15, -0.1) is 0 Å². The molecule has 1 atom stereocenters. The van der Waals surface area contributed by atoms with E-state index in [4.69, 9.17) is 9.47 Å². The van der Waals surface area contributed by atoms with E-state index in [9.17, 15) is 9.90 Å². The van der Waals surface area contributed by atoms with E-state index in [0.29, 0.717) is 18.6 Å². The summed E-state index contributed by atoms with van der Waals surface area (Å²) in [5.41, 5.74) is 3.45. The molecular weight excluding hydrogens is 280 g/mol. The van der Waals surface area contributed by atoms with Crippen molar-refractivity contribution in [2.24, 2.45) is 0 Å². The Labute approximate surface area is 131 Å². The van der Waals surface area contributed by atoms with E-state index in [2.05, 4.69) is 27.7 Å². The average molecular weight is 304 g/mol. The number of ether oxygens (including phenoxy) is 2. The number of rotatable bonds is 0. The zero-order valence-electron chi connectivity index (χ0n) is 14.2. The van der Waals surface area contributed by atoms with E-state index in [0.717, 1.165) is 28.0 Å². The predicted octanol–water partition coefficient (Wildman–Crippen LogP) is 3.27. The maximum absolute atomic E-state index is 12.0. The first-order valence-corrected chi connectivity index (χ1v) is 7.78. The highest BCUT2D eigenvalue weighted by molar-refractivity contribution is 5.80. The van der Waals surface area contributed by atoms with Gasteiger partial charge in [-0.2, -0.15) is 0 Å². The van der Waals surface area contributed by atoms with Crippen LogP contribution in [0, 0.1) is 13.8 Å². The smallest absolute Gasteiger partial charge is 0.312 e. The van der Waals surface area contributed by atoms with Crippen molar-refractivity contribution in [2.75, 3.05) is 0 Å². The van der Waals surface area contributed by atoms with E-state index < -0.39 is 6.29 Å². The van der Waals surface area contributed by atoms with Crippen molar-refractivity contribution in [1.29, 1.82) is 0 Å². The second-order valence-corrected chi connectivity index (χ2v) is 7.85. The van der Waals surface area contributed by atoms with Gasteiger partial charge in [0.15, 0.2) is 6.29 Å². The summed E-state index contributed by atoms with van der Waals surface area (Å²) in [5.74, 6) is 1.26. The highest BCUT2D eigenvalue weighted by Crippen LogP contribution is 2.53. The number of aliphatic hydroxyl groups is 1. The Bertz CT molecular complexity index is 670. The Balaban J connectivity index is 2.37. The lowest BCUT2D eigenvalue weighted by Crippen LogP contribution is -2.38. The van der Waals surface area contributed by atoms with E-state index in [1.165, 1.54) is 0 Å². The van der Waals surface area contributed by atoms with Gasteiger partial charge >= 0.3 is 5.97 Å². The third kappa shape index (κ3) is 2.04. The Hall–Kier alpha value is -1.55. The molecule has 0 radical (unpaired) electrons. The number of hydrogen-bond acceptors (Lipinski definition) is 4. The average Bonchev–Trinajstić information content (AvgIpc) is 2.31. The molecule has 0 spiro atoms. The minimum Gasteiger partial charge on any atom is -0.465 e. The molecule has 1 aromatic rings. The fourth-order valence-corrected chi connectivity index (χ4v) is 4.16. The Morgan fingerprint density at radius 3 is 2.18 bits per heavy atom. The molecule has 2 aliphatic rings. The minimum absolute atomic E-state index is 0.186. The molecule has 1 N–H and O–H groups in total. The number of carbonyl (C=O) groups is 1. The summed E-state index contributed by atoms with van der Waals surface area (Å²) in [4.78, 5) is 12.0. The summed E-state index contributed by atoms with van der Waals surface area (Å²) in [6, 6.07) is 0. The maximum Gasteiger partial charge on any atom is 0.312 e. The molecule has 0 saturated heterocycles. The molecule has 2 heterocycles. The van der Waals surface area contributed by atoms with Crippen LogP contribution in [0.5, 0.6) is 11.5 Å². The lowest BCUT2D eigenvalue weighted by atomic mass is 9.70. The Morgan fingerprint density at radius 1 is 1.00 bits per heavy atom. The molecule has 2 aliphatic heterocycles. The maximum atomic E-state index is 12.0. The standard InChI is InChI=1S/C18H24O4/c1-9-13-16(22-12(20)7-17(13,3)4)10(2)14-15(9)21-11(19)8-18(14,5)6/h11,19H,7-8H2,1-6H3. The highest BCUT2D eigenvalue weighted by atomic mass is 16.6. The second kappa shape index (κ2) is 4.48. The zero-order valence-corrected chi connectivity index (χ0v) is 14.2. The highest BCUT2D eigenvalue weighted by Gasteiger charge is 2.43. The topological polar surface area (TPSA) is 55.8 Å². The molecular formula is C18H24O4. The van der Waals surface area contributed by atoms with Crippen LogP contribution in [0.25, 0.3) is 0 Å². The lowest BCUT2D eigenvalue weighted by molar-refractivity contribution is -0.137. The Morgan fingerprint density at radius 2 is 1.55 bits per heavy atom. The quantitative estimate of drug-likeness (QED) is 0.590. The van der Waals surface area contributed by atoms with Gasteiger partial charge in [0, 0.05) is 23.0 Å². The van der Waals surface area contributed by atoms with E-state index >= 15 is 0 Å². The van der Waals surface area contributed by atoms with Crippen molar-refractivity contribution >= 4 is 5.97 Å². The molecule has 0 bridgehead atoms. The van der Waals surface area contributed by atoms with Crippen molar-refractivity contribution in [3.8, 4) is 11.5 Å². The van der Waals surface area contributed by atoms with Crippen LogP contribution in [0.1, 0.15) is 62.8 Å². The first-order valence-electron chi connectivity index (χ1n) is 7.78. The lowest BCUT2D eigenvalue weighted by Gasteiger charge is -2.41. The predicted molar refractivity (Wildman–Crippen MR) is 83.5 cm³/mol. The van der Waals surface area contributed by atoms with E-state index in [1.807, 2.05) is 13.8 Å². The second-order valence-electron chi connectivity index (χ2n) is 7.85. The first-order chi connectivity index (χ1) is 10.0. The summed E-state index contributed by atoms with van der Waals surface area (Å²) in [6.07, 6.45) is 0.0782. The van der Waals surface area contributed by atoms with Crippen LogP contribution in [0.2, 0.25) is 0 Å². The summed E-state index contributed by atoms with van der Waals surface area (Å²) >= 11 is 0. The van der Waals surface area contributed by atoms with Gasteiger partial charge in [-0.05, 0) is 30.4 Å². The molecule has 0 fully saturated rings. The number of benzene rings is 1. The van der Waals surface area contributed by atoms with Crippen LogP contribution in [0.4, 0.5) is 0 Å². The third-order valence-electron chi connectivity index (χ3n) is 4.98. The van der Waals surface area contributed by atoms with Crippen molar-refractivity contribution in [3.05, 3.63) is 22.3 Å². The fourth-order valence-electron chi connectivity index (χ4n) is 4.16. The molecule has 0 amide bonds. The molecule has 4 heteroatoms. The molecule has 4 nitrogen and oxygen atoms in total. The normalized spacial score (nSPS) is 24.9.